The normalized spacial score (nSPS) is 10.2. The standard InChI is InChI=1S/C15H18N2O/c1-10-4-5-11(2)14(8-10)17-15-9-12(18-3)6-7-13(15)16/h4-9,17H,16H2,1-3H3. The van der Waals surface area contributed by atoms with E-state index in [9.17, 15) is 0 Å². The molecule has 0 aliphatic carbocycles. The van der Waals surface area contributed by atoms with Crippen molar-refractivity contribution in [2.24, 2.45) is 0 Å². The second-order valence-electron chi connectivity index (χ2n) is 4.40. The molecule has 0 saturated heterocycles. The topological polar surface area (TPSA) is 47.3 Å². The van der Waals surface area contributed by atoms with Gasteiger partial charge >= 0.3 is 0 Å². The van der Waals surface area contributed by atoms with Gasteiger partial charge in [0.25, 0.3) is 0 Å². The number of benzene rings is 2. The lowest BCUT2D eigenvalue weighted by Crippen LogP contribution is -1.99. The molecule has 0 saturated carbocycles. The molecule has 2 aromatic carbocycles. The Labute approximate surface area is 108 Å². The Morgan fingerprint density at radius 1 is 1.00 bits per heavy atom. The molecular formula is C15H18N2O. The van der Waals surface area contributed by atoms with Gasteiger partial charge in [-0.15, -0.1) is 0 Å². The zero-order valence-corrected chi connectivity index (χ0v) is 10.9. The Morgan fingerprint density at radius 3 is 2.50 bits per heavy atom. The quantitative estimate of drug-likeness (QED) is 0.808. The molecule has 3 N–H and O–H groups in total. The molecule has 0 aliphatic rings. The highest BCUT2D eigenvalue weighted by Crippen LogP contribution is 2.29. The maximum atomic E-state index is 5.96. The van der Waals surface area contributed by atoms with Crippen molar-refractivity contribution >= 4 is 17.1 Å². The van der Waals surface area contributed by atoms with Crippen LogP contribution in [0.2, 0.25) is 0 Å². The Morgan fingerprint density at radius 2 is 1.78 bits per heavy atom. The first-order valence-electron chi connectivity index (χ1n) is 5.88. The molecule has 0 unspecified atom stereocenters. The summed E-state index contributed by atoms with van der Waals surface area (Å²) in [5.41, 5.74) is 11.0. The third kappa shape index (κ3) is 2.56. The molecule has 3 nitrogen and oxygen atoms in total. The zero-order chi connectivity index (χ0) is 13.1. The van der Waals surface area contributed by atoms with Crippen LogP contribution in [0.5, 0.6) is 5.75 Å². The van der Waals surface area contributed by atoms with E-state index in [1.807, 2.05) is 18.2 Å². The van der Waals surface area contributed by atoms with Crippen LogP contribution in [0.3, 0.4) is 0 Å². The van der Waals surface area contributed by atoms with Crippen LogP contribution in [0.4, 0.5) is 17.1 Å². The van der Waals surface area contributed by atoms with Gasteiger partial charge < -0.3 is 15.8 Å². The maximum Gasteiger partial charge on any atom is 0.121 e. The van der Waals surface area contributed by atoms with Crippen LogP contribution in [0.25, 0.3) is 0 Å². The van der Waals surface area contributed by atoms with Gasteiger partial charge in [-0.2, -0.15) is 0 Å². The summed E-state index contributed by atoms with van der Waals surface area (Å²) in [7, 11) is 1.65. The monoisotopic (exact) mass is 242 g/mol. The molecule has 0 radical (unpaired) electrons. The van der Waals surface area contributed by atoms with Gasteiger partial charge in [0.05, 0.1) is 18.5 Å². The van der Waals surface area contributed by atoms with Crippen LogP contribution in [-0.2, 0) is 0 Å². The summed E-state index contributed by atoms with van der Waals surface area (Å²) in [4.78, 5) is 0. The van der Waals surface area contributed by atoms with Crippen molar-refractivity contribution in [3.05, 3.63) is 47.5 Å². The van der Waals surface area contributed by atoms with Crippen LogP contribution >= 0.6 is 0 Å². The van der Waals surface area contributed by atoms with Crippen molar-refractivity contribution in [2.45, 2.75) is 13.8 Å². The van der Waals surface area contributed by atoms with E-state index in [1.54, 1.807) is 7.11 Å². The predicted molar refractivity (Wildman–Crippen MR) is 76.6 cm³/mol. The second kappa shape index (κ2) is 5.00. The van der Waals surface area contributed by atoms with E-state index in [0.717, 1.165) is 17.1 Å². The first-order valence-corrected chi connectivity index (χ1v) is 5.88. The molecule has 2 aromatic rings. The van der Waals surface area contributed by atoms with Crippen molar-refractivity contribution in [1.29, 1.82) is 0 Å². The number of methoxy groups -OCH3 is 1. The first kappa shape index (κ1) is 12.3. The van der Waals surface area contributed by atoms with E-state index in [-0.39, 0.29) is 0 Å². The largest absolute Gasteiger partial charge is 0.497 e. The SMILES string of the molecule is COc1ccc(N)c(Nc2cc(C)ccc2C)c1. The van der Waals surface area contributed by atoms with Gasteiger partial charge in [-0.25, -0.2) is 0 Å². The molecule has 94 valence electrons. The summed E-state index contributed by atoms with van der Waals surface area (Å²) in [6.45, 7) is 4.14. The molecule has 3 heteroatoms. The predicted octanol–water partition coefficient (Wildman–Crippen LogP) is 3.64. The number of nitrogens with one attached hydrogen (secondary N) is 1. The van der Waals surface area contributed by atoms with Gasteiger partial charge in [0.2, 0.25) is 0 Å². The summed E-state index contributed by atoms with van der Waals surface area (Å²) in [5.74, 6) is 0.789. The number of rotatable bonds is 3. The number of aryl methyl sites for hydroxylation is 2. The minimum Gasteiger partial charge on any atom is -0.497 e. The Kier molecular flexibility index (Phi) is 3.42. The molecule has 0 spiro atoms. The van der Waals surface area contributed by atoms with Gasteiger partial charge in [-0.1, -0.05) is 12.1 Å². The highest BCUT2D eigenvalue weighted by atomic mass is 16.5. The zero-order valence-electron chi connectivity index (χ0n) is 10.9. The molecule has 0 atom stereocenters. The molecular weight excluding hydrogens is 224 g/mol. The summed E-state index contributed by atoms with van der Waals surface area (Å²) < 4.78 is 5.21. The Bertz CT molecular complexity index is 564. The van der Waals surface area contributed by atoms with Crippen LogP contribution < -0.4 is 15.8 Å². The number of hydrogen-bond donors (Lipinski definition) is 2. The van der Waals surface area contributed by atoms with Crippen molar-refractivity contribution in [2.75, 3.05) is 18.2 Å². The van der Waals surface area contributed by atoms with Gasteiger partial charge in [0.15, 0.2) is 0 Å². The van der Waals surface area contributed by atoms with Crippen molar-refractivity contribution in [1.82, 2.24) is 0 Å². The average Bonchev–Trinajstić information content (AvgIpc) is 2.36. The summed E-state index contributed by atoms with van der Waals surface area (Å²) in [6, 6.07) is 11.9. The fourth-order valence-electron chi connectivity index (χ4n) is 1.79. The van der Waals surface area contributed by atoms with Crippen molar-refractivity contribution < 1.29 is 4.74 Å². The van der Waals surface area contributed by atoms with E-state index in [1.165, 1.54) is 11.1 Å². The van der Waals surface area contributed by atoms with Gasteiger partial charge in [0, 0.05) is 11.8 Å². The number of nitrogen functional groups attached to an aromatic ring is 1. The fraction of sp³-hybridized carbons (Fsp3) is 0.200. The smallest absolute Gasteiger partial charge is 0.121 e. The number of anilines is 3. The number of ether oxygens (including phenoxy) is 1. The lowest BCUT2D eigenvalue weighted by molar-refractivity contribution is 0.415. The van der Waals surface area contributed by atoms with Crippen LogP contribution in [-0.4, -0.2) is 7.11 Å². The van der Waals surface area contributed by atoms with Crippen LogP contribution in [0, 0.1) is 13.8 Å². The minimum absolute atomic E-state index is 0.705. The van der Waals surface area contributed by atoms with Gasteiger partial charge in [-0.3, -0.25) is 0 Å². The van der Waals surface area contributed by atoms with Crippen molar-refractivity contribution in [3.63, 3.8) is 0 Å². The average molecular weight is 242 g/mol. The highest BCUT2D eigenvalue weighted by molar-refractivity contribution is 5.75. The molecule has 0 bridgehead atoms. The third-order valence-electron chi connectivity index (χ3n) is 2.92. The summed E-state index contributed by atoms with van der Waals surface area (Å²) >= 11 is 0. The van der Waals surface area contributed by atoms with Gasteiger partial charge in [-0.05, 0) is 43.2 Å². The molecule has 18 heavy (non-hydrogen) atoms. The third-order valence-corrected chi connectivity index (χ3v) is 2.92. The van der Waals surface area contributed by atoms with Crippen LogP contribution in [0.1, 0.15) is 11.1 Å². The second-order valence-corrected chi connectivity index (χ2v) is 4.40. The minimum atomic E-state index is 0.705. The molecule has 0 fully saturated rings. The van der Waals surface area contributed by atoms with E-state index in [0.29, 0.717) is 5.69 Å². The molecule has 2 rings (SSSR count). The molecule has 0 aliphatic heterocycles. The summed E-state index contributed by atoms with van der Waals surface area (Å²) in [6.07, 6.45) is 0. The molecule has 0 aromatic heterocycles. The number of nitrogens with two attached hydrogens (primary N) is 1. The van der Waals surface area contributed by atoms with Crippen LogP contribution in [0.15, 0.2) is 36.4 Å². The Balaban J connectivity index is 2.36. The lowest BCUT2D eigenvalue weighted by atomic mass is 10.1. The van der Waals surface area contributed by atoms with Gasteiger partial charge in [0.1, 0.15) is 5.75 Å². The molecule has 0 heterocycles. The Hall–Kier alpha value is -2.16. The maximum absolute atomic E-state index is 5.96. The van der Waals surface area contributed by atoms with E-state index in [4.69, 9.17) is 10.5 Å². The van der Waals surface area contributed by atoms with E-state index in [2.05, 4.69) is 37.4 Å². The molecule has 0 amide bonds. The van der Waals surface area contributed by atoms with E-state index < -0.39 is 0 Å². The summed E-state index contributed by atoms with van der Waals surface area (Å²) in [5, 5.41) is 3.35. The first-order chi connectivity index (χ1) is 8.60. The van der Waals surface area contributed by atoms with E-state index >= 15 is 0 Å². The highest BCUT2D eigenvalue weighted by Gasteiger charge is 2.04. The lowest BCUT2D eigenvalue weighted by Gasteiger charge is -2.13. The fourth-order valence-corrected chi connectivity index (χ4v) is 1.79. The van der Waals surface area contributed by atoms with Crippen molar-refractivity contribution in [3.8, 4) is 5.75 Å². The number of hydrogen-bond acceptors (Lipinski definition) is 3.